The summed E-state index contributed by atoms with van der Waals surface area (Å²) < 4.78 is 7.80. The lowest BCUT2D eigenvalue weighted by molar-refractivity contribution is 0.223. The Kier molecular flexibility index (Phi) is 7.81. The van der Waals surface area contributed by atoms with Gasteiger partial charge in [0, 0.05) is 35.2 Å². The van der Waals surface area contributed by atoms with Gasteiger partial charge in [-0.1, -0.05) is 26.7 Å². The average Bonchev–Trinajstić information content (AvgIpc) is 3.62. The molecule has 0 radical (unpaired) electrons. The minimum Gasteiger partial charge on any atom is -0.492 e. The molecule has 0 bridgehead atoms. The van der Waals surface area contributed by atoms with Gasteiger partial charge >= 0.3 is 0 Å². The smallest absolute Gasteiger partial charge is 0.262 e. The van der Waals surface area contributed by atoms with Crippen molar-refractivity contribution in [2.75, 3.05) is 31.6 Å². The average molecular weight is 519 g/mol. The number of rotatable bonds is 10. The van der Waals surface area contributed by atoms with Gasteiger partial charge in [-0.25, -0.2) is 9.97 Å². The van der Waals surface area contributed by atoms with E-state index < -0.39 is 0 Å². The van der Waals surface area contributed by atoms with Gasteiger partial charge in [-0.2, -0.15) is 4.98 Å². The molecule has 1 aliphatic rings. The molecule has 194 valence electrons. The minimum atomic E-state index is -0.0235. The summed E-state index contributed by atoms with van der Waals surface area (Å²) in [6.07, 6.45) is 5.95. The highest BCUT2D eigenvalue weighted by atomic mass is 32.1. The van der Waals surface area contributed by atoms with Gasteiger partial charge in [0.15, 0.2) is 0 Å². The molecule has 9 heteroatoms. The van der Waals surface area contributed by atoms with Crippen molar-refractivity contribution in [2.24, 2.45) is 0 Å². The van der Waals surface area contributed by atoms with Crippen molar-refractivity contribution in [3.63, 3.8) is 0 Å². The van der Waals surface area contributed by atoms with Gasteiger partial charge in [-0.05, 0) is 63.2 Å². The van der Waals surface area contributed by atoms with E-state index in [0.29, 0.717) is 23.8 Å². The van der Waals surface area contributed by atoms with E-state index in [-0.39, 0.29) is 11.6 Å². The number of hydrogen-bond acceptors (Lipinski definition) is 8. The molecule has 5 rings (SSSR count). The second kappa shape index (κ2) is 11.4. The van der Waals surface area contributed by atoms with Gasteiger partial charge in [0.25, 0.3) is 5.56 Å². The SMILES string of the molecule is CCN(CC)CCOc1ccc(Nc2nc(C)c3cc(-c4nccs4)c(=O)n(C4CCCC4)c3n2)cc1. The fourth-order valence-electron chi connectivity index (χ4n) is 5.01. The lowest BCUT2D eigenvalue weighted by Gasteiger charge is -2.19. The molecule has 0 spiro atoms. The molecule has 1 saturated carbocycles. The number of aryl methyl sites for hydroxylation is 1. The first-order chi connectivity index (χ1) is 18.1. The number of anilines is 2. The Morgan fingerprint density at radius 2 is 1.89 bits per heavy atom. The number of nitrogens with one attached hydrogen (secondary N) is 1. The summed E-state index contributed by atoms with van der Waals surface area (Å²) >= 11 is 1.48. The number of hydrogen-bond donors (Lipinski definition) is 1. The van der Waals surface area contributed by atoms with Gasteiger partial charge in [0.05, 0.1) is 11.3 Å². The van der Waals surface area contributed by atoms with Crippen molar-refractivity contribution in [1.29, 1.82) is 0 Å². The summed E-state index contributed by atoms with van der Waals surface area (Å²) in [6.45, 7) is 9.90. The van der Waals surface area contributed by atoms with Crippen LogP contribution in [0.4, 0.5) is 11.6 Å². The molecule has 0 atom stereocenters. The topological polar surface area (TPSA) is 85.2 Å². The van der Waals surface area contributed by atoms with E-state index in [2.05, 4.69) is 29.0 Å². The fourth-order valence-corrected chi connectivity index (χ4v) is 5.66. The second-order valence-corrected chi connectivity index (χ2v) is 10.3. The first kappa shape index (κ1) is 25.4. The summed E-state index contributed by atoms with van der Waals surface area (Å²) in [5.41, 5.74) is 2.98. The number of benzene rings is 1. The van der Waals surface area contributed by atoms with Gasteiger partial charge in [0.1, 0.15) is 23.0 Å². The predicted octanol–water partition coefficient (Wildman–Crippen LogP) is 5.80. The molecule has 4 aromatic rings. The molecular weight excluding hydrogens is 484 g/mol. The molecule has 8 nitrogen and oxygen atoms in total. The number of fused-ring (bicyclic) bond motifs is 1. The Bertz CT molecular complexity index is 1390. The molecule has 1 fully saturated rings. The third-order valence-electron chi connectivity index (χ3n) is 7.12. The van der Waals surface area contributed by atoms with E-state index in [4.69, 9.17) is 14.7 Å². The zero-order valence-corrected chi connectivity index (χ0v) is 22.6. The van der Waals surface area contributed by atoms with E-state index >= 15 is 0 Å². The first-order valence-electron chi connectivity index (χ1n) is 13.1. The largest absolute Gasteiger partial charge is 0.492 e. The molecule has 1 aromatic carbocycles. The zero-order chi connectivity index (χ0) is 25.8. The highest BCUT2D eigenvalue weighted by Crippen LogP contribution is 2.33. The molecular formula is C28H34N6O2S. The number of aromatic nitrogens is 4. The standard InChI is InChI=1S/C28H34N6O2S/c1-4-33(5-2)15-16-36-22-12-10-20(11-13-22)31-28-30-19(3)23-18-24(26-29-14-17-37-26)27(35)34(25(23)32-28)21-8-6-7-9-21/h10-14,17-18,21H,4-9,15-16H2,1-3H3,(H,30,31,32). The zero-order valence-electron chi connectivity index (χ0n) is 21.7. The maximum absolute atomic E-state index is 13.7. The Morgan fingerprint density at radius 3 is 2.57 bits per heavy atom. The molecule has 0 aliphatic heterocycles. The third-order valence-corrected chi connectivity index (χ3v) is 7.92. The van der Waals surface area contributed by atoms with Crippen molar-refractivity contribution in [2.45, 2.75) is 52.5 Å². The predicted molar refractivity (Wildman–Crippen MR) is 150 cm³/mol. The Balaban J connectivity index is 1.43. The third kappa shape index (κ3) is 5.52. The van der Waals surface area contributed by atoms with Crippen molar-refractivity contribution in [1.82, 2.24) is 24.4 Å². The monoisotopic (exact) mass is 518 g/mol. The van der Waals surface area contributed by atoms with Crippen LogP contribution in [0.5, 0.6) is 5.75 Å². The van der Waals surface area contributed by atoms with Crippen LogP contribution in [-0.2, 0) is 0 Å². The summed E-state index contributed by atoms with van der Waals surface area (Å²) in [7, 11) is 0. The molecule has 3 heterocycles. The summed E-state index contributed by atoms with van der Waals surface area (Å²) in [5, 5.41) is 6.85. The van der Waals surface area contributed by atoms with Crippen LogP contribution in [0.3, 0.4) is 0 Å². The van der Waals surface area contributed by atoms with Crippen LogP contribution >= 0.6 is 11.3 Å². The molecule has 0 unspecified atom stereocenters. The molecule has 3 aromatic heterocycles. The van der Waals surface area contributed by atoms with E-state index in [0.717, 1.165) is 72.8 Å². The first-order valence-corrected chi connectivity index (χ1v) is 14.0. The van der Waals surface area contributed by atoms with Crippen LogP contribution in [0.15, 0.2) is 46.7 Å². The second-order valence-electron chi connectivity index (χ2n) is 9.40. The van der Waals surface area contributed by atoms with Crippen molar-refractivity contribution >= 4 is 34.0 Å². The van der Waals surface area contributed by atoms with Crippen LogP contribution in [0.2, 0.25) is 0 Å². The lowest BCUT2D eigenvalue weighted by Crippen LogP contribution is -2.27. The number of nitrogens with zero attached hydrogens (tertiary/aromatic N) is 5. The van der Waals surface area contributed by atoms with E-state index in [1.807, 2.05) is 47.2 Å². The van der Waals surface area contributed by atoms with Crippen LogP contribution < -0.4 is 15.6 Å². The van der Waals surface area contributed by atoms with Gasteiger partial charge in [-0.3, -0.25) is 9.36 Å². The van der Waals surface area contributed by atoms with Crippen LogP contribution in [0, 0.1) is 6.92 Å². The quantitative estimate of drug-likeness (QED) is 0.284. The normalized spacial score (nSPS) is 14.1. The van der Waals surface area contributed by atoms with Crippen LogP contribution in [-0.4, -0.2) is 50.7 Å². The van der Waals surface area contributed by atoms with Crippen LogP contribution in [0.25, 0.3) is 21.6 Å². The van der Waals surface area contributed by atoms with E-state index in [9.17, 15) is 4.79 Å². The molecule has 0 saturated heterocycles. The summed E-state index contributed by atoms with van der Waals surface area (Å²) in [4.78, 5) is 30.0. The molecule has 0 amide bonds. The number of likely N-dealkylation sites (N-methyl/N-ethyl adjacent to an activating group) is 1. The van der Waals surface area contributed by atoms with Crippen molar-refractivity contribution < 1.29 is 4.74 Å². The maximum Gasteiger partial charge on any atom is 0.262 e. The lowest BCUT2D eigenvalue weighted by atomic mass is 10.1. The molecule has 37 heavy (non-hydrogen) atoms. The van der Waals surface area contributed by atoms with Crippen molar-refractivity contribution in [3.8, 4) is 16.3 Å². The van der Waals surface area contributed by atoms with Gasteiger partial charge < -0.3 is 15.0 Å². The highest BCUT2D eigenvalue weighted by Gasteiger charge is 2.24. The van der Waals surface area contributed by atoms with Gasteiger partial charge in [-0.15, -0.1) is 11.3 Å². The van der Waals surface area contributed by atoms with E-state index in [1.165, 1.54) is 11.3 Å². The molecule has 1 N–H and O–H groups in total. The number of pyridine rings is 1. The molecule has 1 aliphatic carbocycles. The Labute approximate surface area is 221 Å². The Morgan fingerprint density at radius 1 is 1.14 bits per heavy atom. The number of ether oxygens (including phenoxy) is 1. The fraction of sp³-hybridized carbons (Fsp3) is 0.429. The minimum absolute atomic E-state index is 0.0235. The maximum atomic E-state index is 13.7. The number of thiazole rings is 1. The van der Waals surface area contributed by atoms with Gasteiger partial charge in [0.2, 0.25) is 5.95 Å². The highest BCUT2D eigenvalue weighted by molar-refractivity contribution is 7.13. The summed E-state index contributed by atoms with van der Waals surface area (Å²) in [6, 6.07) is 9.88. The summed E-state index contributed by atoms with van der Waals surface area (Å²) in [5.74, 6) is 1.31. The van der Waals surface area contributed by atoms with Crippen LogP contribution in [0.1, 0.15) is 51.3 Å². The van der Waals surface area contributed by atoms with Crippen molar-refractivity contribution in [3.05, 3.63) is 58.0 Å². The Hall–Kier alpha value is -3.30. The van der Waals surface area contributed by atoms with E-state index in [1.54, 1.807) is 6.20 Å².